The Balaban J connectivity index is 4.97. The molecule has 1 amide bonds. The van der Waals surface area contributed by atoms with E-state index in [-0.39, 0.29) is 0 Å². The molecule has 0 aliphatic carbocycles. The molecule has 0 bridgehead atoms. The number of rotatable bonds is 5. The molecule has 0 aromatic rings. The van der Waals surface area contributed by atoms with Crippen molar-refractivity contribution in [1.82, 2.24) is 5.32 Å². The fourth-order valence-electron chi connectivity index (χ4n) is 0.936. The highest BCUT2D eigenvalue weighted by molar-refractivity contribution is 5.91. The van der Waals surface area contributed by atoms with Crippen LogP contribution >= 0.6 is 0 Å². The maximum Gasteiger partial charge on any atom is 0.334 e. The lowest BCUT2D eigenvalue weighted by Gasteiger charge is -2.24. The Morgan fingerprint density at radius 3 is 2.14 bits per heavy atom. The van der Waals surface area contributed by atoms with Gasteiger partial charge in [-0.3, -0.25) is 9.59 Å². The number of carboxylic acids is 2. The Kier molecular flexibility index (Phi) is 3.82. The van der Waals surface area contributed by atoms with Gasteiger partial charge in [0.25, 0.3) is 0 Å². The van der Waals surface area contributed by atoms with Crippen LogP contribution in [0.1, 0.15) is 13.3 Å². The zero-order valence-corrected chi connectivity index (χ0v) is 7.61. The van der Waals surface area contributed by atoms with Crippen LogP contribution in [0, 0.1) is 0 Å². The van der Waals surface area contributed by atoms with Crippen molar-refractivity contribution in [3.8, 4) is 0 Å². The molecular formula is C8H11NO5. The molecule has 0 aliphatic heterocycles. The molecule has 6 nitrogen and oxygen atoms in total. The van der Waals surface area contributed by atoms with Crippen molar-refractivity contribution in [2.24, 2.45) is 0 Å². The van der Waals surface area contributed by atoms with Crippen molar-refractivity contribution in [3.05, 3.63) is 12.7 Å². The summed E-state index contributed by atoms with van der Waals surface area (Å²) in [4.78, 5) is 31.9. The summed E-state index contributed by atoms with van der Waals surface area (Å²) < 4.78 is 0. The topological polar surface area (TPSA) is 104 Å². The van der Waals surface area contributed by atoms with Gasteiger partial charge in [0.2, 0.25) is 5.91 Å². The average Bonchev–Trinajstić information content (AvgIpc) is 2.00. The molecule has 0 spiro atoms. The zero-order chi connectivity index (χ0) is 11.4. The first-order chi connectivity index (χ1) is 6.34. The second-order valence-electron chi connectivity index (χ2n) is 2.73. The van der Waals surface area contributed by atoms with Crippen LogP contribution in [0.2, 0.25) is 0 Å². The van der Waals surface area contributed by atoms with Crippen molar-refractivity contribution >= 4 is 17.8 Å². The van der Waals surface area contributed by atoms with E-state index in [1.54, 1.807) is 0 Å². The molecule has 0 aliphatic rings. The highest BCUT2D eigenvalue weighted by Crippen LogP contribution is 2.12. The van der Waals surface area contributed by atoms with Crippen LogP contribution in [-0.4, -0.2) is 33.6 Å². The first kappa shape index (κ1) is 12.2. The minimum Gasteiger partial charge on any atom is -0.481 e. The largest absolute Gasteiger partial charge is 0.481 e. The van der Waals surface area contributed by atoms with E-state index in [9.17, 15) is 14.4 Å². The second-order valence-corrected chi connectivity index (χ2v) is 2.73. The molecule has 0 heterocycles. The van der Waals surface area contributed by atoms with Crippen molar-refractivity contribution < 1.29 is 24.6 Å². The van der Waals surface area contributed by atoms with Crippen molar-refractivity contribution in [1.29, 1.82) is 0 Å². The van der Waals surface area contributed by atoms with Crippen LogP contribution in [0.25, 0.3) is 0 Å². The number of amides is 1. The predicted molar refractivity (Wildman–Crippen MR) is 46.6 cm³/mol. The SMILES string of the molecule is C=CC(CC(=O)O)(NC(C)=O)C(=O)O. The third kappa shape index (κ3) is 2.89. The Morgan fingerprint density at radius 1 is 1.43 bits per heavy atom. The van der Waals surface area contributed by atoms with Crippen LogP contribution in [-0.2, 0) is 14.4 Å². The Bertz CT molecular complexity index is 267. The Morgan fingerprint density at radius 2 is 1.93 bits per heavy atom. The van der Waals surface area contributed by atoms with Crippen molar-refractivity contribution in [2.75, 3.05) is 0 Å². The van der Waals surface area contributed by atoms with Gasteiger partial charge in [0.1, 0.15) is 0 Å². The predicted octanol–water partition coefficient (Wildman–Crippen LogP) is -0.393. The molecule has 0 aromatic heterocycles. The summed E-state index contributed by atoms with van der Waals surface area (Å²) in [5.74, 6) is -3.42. The van der Waals surface area contributed by atoms with Crippen LogP contribution in [0.4, 0.5) is 0 Å². The van der Waals surface area contributed by atoms with Crippen LogP contribution < -0.4 is 5.32 Å². The molecule has 0 aromatic carbocycles. The lowest BCUT2D eigenvalue weighted by Crippen LogP contribution is -2.53. The van der Waals surface area contributed by atoms with Gasteiger partial charge in [-0.15, -0.1) is 6.58 Å². The number of carboxylic acid groups (broad SMARTS) is 2. The van der Waals surface area contributed by atoms with Gasteiger partial charge in [-0.05, 0) is 0 Å². The first-order valence-electron chi connectivity index (χ1n) is 3.71. The molecule has 6 heteroatoms. The van der Waals surface area contributed by atoms with Crippen LogP contribution in [0.15, 0.2) is 12.7 Å². The molecule has 14 heavy (non-hydrogen) atoms. The highest BCUT2D eigenvalue weighted by Gasteiger charge is 2.38. The smallest absolute Gasteiger partial charge is 0.334 e. The summed E-state index contributed by atoms with van der Waals surface area (Å²) in [5.41, 5.74) is -1.93. The number of carbonyl (C=O) groups excluding carboxylic acids is 1. The minimum absolute atomic E-state index is 0.631. The maximum atomic E-state index is 10.8. The summed E-state index contributed by atoms with van der Waals surface area (Å²) in [7, 11) is 0. The van der Waals surface area contributed by atoms with Gasteiger partial charge in [0.15, 0.2) is 5.54 Å². The van der Waals surface area contributed by atoms with E-state index >= 15 is 0 Å². The third-order valence-corrected chi connectivity index (χ3v) is 1.56. The van der Waals surface area contributed by atoms with E-state index in [2.05, 4.69) is 6.58 Å². The normalized spacial score (nSPS) is 13.8. The van der Waals surface area contributed by atoms with E-state index in [0.717, 1.165) is 13.0 Å². The lowest BCUT2D eigenvalue weighted by atomic mass is 9.95. The third-order valence-electron chi connectivity index (χ3n) is 1.56. The van der Waals surface area contributed by atoms with E-state index in [0.29, 0.717) is 0 Å². The summed E-state index contributed by atoms with van der Waals surface area (Å²) in [6, 6.07) is 0. The highest BCUT2D eigenvalue weighted by atomic mass is 16.4. The van der Waals surface area contributed by atoms with Gasteiger partial charge in [-0.25, -0.2) is 4.79 Å². The molecule has 0 saturated heterocycles. The van der Waals surface area contributed by atoms with E-state index in [4.69, 9.17) is 10.2 Å². The number of carbonyl (C=O) groups is 3. The van der Waals surface area contributed by atoms with Gasteiger partial charge in [-0.1, -0.05) is 6.08 Å². The molecule has 1 atom stereocenters. The van der Waals surface area contributed by atoms with Gasteiger partial charge in [-0.2, -0.15) is 0 Å². The van der Waals surface area contributed by atoms with Gasteiger partial charge in [0.05, 0.1) is 6.42 Å². The number of aliphatic carboxylic acids is 2. The average molecular weight is 201 g/mol. The Labute approximate surface area is 80.2 Å². The summed E-state index contributed by atoms with van der Waals surface area (Å²) in [6.07, 6.45) is 0.149. The fraction of sp³-hybridized carbons (Fsp3) is 0.375. The van der Waals surface area contributed by atoms with Crippen molar-refractivity contribution in [3.63, 3.8) is 0 Å². The standard InChI is InChI=1S/C8H11NO5/c1-3-8(7(13)14,4-6(11)12)9-5(2)10/h3H,1,4H2,2H3,(H,9,10)(H,11,12)(H,13,14). The number of hydrogen-bond donors (Lipinski definition) is 3. The number of hydrogen-bond acceptors (Lipinski definition) is 3. The monoisotopic (exact) mass is 201 g/mol. The maximum absolute atomic E-state index is 10.8. The molecule has 0 saturated carbocycles. The fourth-order valence-corrected chi connectivity index (χ4v) is 0.936. The Hall–Kier alpha value is -1.85. The molecule has 0 radical (unpaired) electrons. The molecular weight excluding hydrogens is 190 g/mol. The second kappa shape index (κ2) is 4.40. The van der Waals surface area contributed by atoms with Crippen molar-refractivity contribution in [2.45, 2.75) is 18.9 Å². The summed E-state index contributed by atoms with van der Waals surface area (Å²) in [6.45, 7) is 4.30. The quantitative estimate of drug-likeness (QED) is 0.525. The lowest BCUT2D eigenvalue weighted by molar-refractivity contribution is -0.150. The van der Waals surface area contributed by atoms with Crippen LogP contribution in [0.3, 0.4) is 0 Å². The zero-order valence-electron chi connectivity index (χ0n) is 7.61. The summed E-state index contributed by atoms with van der Waals surface area (Å²) in [5, 5.41) is 19.3. The van der Waals surface area contributed by atoms with Crippen LogP contribution in [0.5, 0.6) is 0 Å². The first-order valence-corrected chi connectivity index (χ1v) is 3.71. The molecule has 1 unspecified atom stereocenters. The molecule has 3 N–H and O–H groups in total. The molecule has 0 rings (SSSR count). The van der Waals surface area contributed by atoms with E-state index < -0.39 is 29.8 Å². The summed E-state index contributed by atoms with van der Waals surface area (Å²) >= 11 is 0. The van der Waals surface area contributed by atoms with Gasteiger partial charge < -0.3 is 15.5 Å². The number of nitrogens with one attached hydrogen (secondary N) is 1. The van der Waals surface area contributed by atoms with E-state index in [1.807, 2.05) is 5.32 Å². The molecule has 78 valence electrons. The van der Waals surface area contributed by atoms with Gasteiger partial charge >= 0.3 is 11.9 Å². The molecule has 0 fully saturated rings. The van der Waals surface area contributed by atoms with E-state index in [1.165, 1.54) is 0 Å². The van der Waals surface area contributed by atoms with Gasteiger partial charge in [0, 0.05) is 6.92 Å². The minimum atomic E-state index is -1.93.